The Kier molecular flexibility index (Phi) is 9.98. The Morgan fingerprint density at radius 3 is 1.44 bits per heavy atom. The van der Waals surface area contributed by atoms with Gasteiger partial charge in [-0.2, -0.15) is 19.0 Å². The predicted molar refractivity (Wildman–Crippen MR) is 165 cm³/mol. The molecule has 0 saturated carbocycles. The van der Waals surface area contributed by atoms with Crippen LogP contribution >= 0.6 is 30.6 Å². The highest BCUT2D eigenvalue weighted by Crippen LogP contribution is 2.56. The molecule has 0 aliphatic carbocycles. The van der Waals surface area contributed by atoms with Gasteiger partial charge in [-0.15, -0.1) is 0 Å². The molecule has 10 heteroatoms. The van der Waals surface area contributed by atoms with Gasteiger partial charge in [-0.3, -0.25) is 0 Å². The van der Waals surface area contributed by atoms with Gasteiger partial charge in [-0.25, -0.2) is 0 Å². The molecule has 1 N–H and O–H groups in total. The monoisotopic (exact) mass is 648 g/mol. The van der Waals surface area contributed by atoms with Crippen molar-refractivity contribution < 1.29 is 33.3 Å². The summed E-state index contributed by atoms with van der Waals surface area (Å²) in [6.07, 6.45) is 0. The standard InChI is InChI=1S/C33H24ClNOPS.ClHO4/c34-26-21-23-30(24-22-26)38-33-32(35-31(36-33)25-13-5-1-6-14-25)37(27-15-7-2-8-16-27,28-17-9-3-10-18-28)29-19-11-4-12-20-29;2-1(3,4)5/h1-24H;(H,2,3,4,5)/q+1;. The summed E-state index contributed by atoms with van der Waals surface area (Å²) in [4.78, 5) is 6.37. The van der Waals surface area contributed by atoms with Gasteiger partial charge in [-0.1, -0.05) is 84.4 Å². The topological polar surface area (TPSA) is 115 Å². The summed E-state index contributed by atoms with van der Waals surface area (Å²) in [5, 5.41) is 5.17. The average Bonchev–Trinajstić information content (AvgIpc) is 3.44. The molecule has 0 amide bonds. The Balaban J connectivity index is 0.000000682. The van der Waals surface area contributed by atoms with E-state index < -0.39 is 17.5 Å². The Labute approximate surface area is 261 Å². The first-order valence-corrected chi connectivity index (χ1v) is 17.2. The minimum Gasteiger partial charge on any atom is -0.425 e. The number of hydrogen-bond acceptors (Lipinski definition) is 7. The van der Waals surface area contributed by atoms with E-state index in [0.29, 0.717) is 10.9 Å². The third-order valence-electron chi connectivity index (χ3n) is 6.37. The zero-order valence-corrected chi connectivity index (χ0v) is 25.7. The molecule has 6 nitrogen and oxygen atoms in total. The highest BCUT2D eigenvalue weighted by molar-refractivity contribution is 8.04. The van der Waals surface area contributed by atoms with Gasteiger partial charge in [0.05, 0.1) is 14.9 Å². The Morgan fingerprint density at radius 1 is 0.628 bits per heavy atom. The molecule has 0 atom stereocenters. The lowest BCUT2D eigenvalue weighted by atomic mass is 10.2. The van der Waals surface area contributed by atoms with E-state index in [1.54, 1.807) is 11.8 Å². The number of rotatable bonds is 7. The van der Waals surface area contributed by atoms with Crippen molar-refractivity contribution in [1.82, 2.24) is 4.98 Å². The van der Waals surface area contributed by atoms with E-state index in [4.69, 9.17) is 39.6 Å². The van der Waals surface area contributed by atoms with Gasteiger partial charge >= 0.3 is 0 Å². The van der Waals surface area contributed by atoms with Crippen LogP contribution in [0.15, 0.2) is 160 Å². The minimum absolute atomic E-state index is 0.615. The van der Waals surface area contributed by atoms with Crippen LogP contribution in [0.4, 0.5) is 0 Å². The van der Waals surface area contributed by atoms with E-state index in [0.717, 1.165) is 21.0 Å². The van der Waals surface area contributed by atoms with Gasteiger partial charge in [0.25, 0.3) is 5.44 Å². The fraction of sp³-hybridized carbons (Fsp3) is 0. The van der Waals surface area contributed by atoms with Gasteiger partial charge in [0.1, 0.15) is 15.9 Å². The summed E-state index contributed by atoms with van der Waals surface area (Å²) >= 11 is 7.79. The molecule has 1 aromatic heterocycles. The molecule has 6 rings (SSSR count). The van der Waals surface area contributed by atoms with Crippen LogP contribution in [0.2, 0.25) is 5.02 Å². The van der Waals surface area contributed by atoms with Gasteiger partial charge in [0, 0.05) is 15.5 Å². The molecule has 0 aliphatic rings. The normalized spacial score (nSPS) is 11.5. The van der Waals surface area contributed by atoms with E-state index in [1.165, 1.54) is 15.9 Å². The van der Waals surface area contributed by atoms with Gasteiger partial charge in [0.2, 0.25) is 11.0 Å². The molecule has 0 radical (unpaired) electrons. The summed E-state index contributed by atoms with van der Waals surface area (Å²) in [5.74, 6) is 0.615. The van der Waals surface area contributed by atoms with Crippen molar-refractivity contribution in [2.75, 3.05) is 0 Å². The Hall–Kier alpha value is -3.49. The molecular weight excluding hydrogens is 624 g/mol. The van der Waals surface area contributed by atoms with Crippen molar-refractivity contribution in [3.05, 3.63) is 151 Å². The van der Waals surface area contributed by atoms with Gasteiger partial charge in [0.15, 0.2) is 7.26 Å². The number of hydrogen-bond donors (Lipinski definition) is 1. The summed E-state index contributed by atoms with van der Waals surface area (Å²) in [6.45, 7) is 0. The van der Waals surface area contributed by atoms with E-state index in [9.17, 15) is 0 Å². The van der Waals surface area contributed by atoms with Crippen molar-refractivity contribution in [2.45, 2.75) is 9.99 Å². The summed E-state index contributed by atoms with van der Waals surface area (Å²) in [6, 6.07) is 50.2. The second-order valence-corrected chi connectivity index (χ2v) is 14.7. The fourth-order valence-electron chi connectivity index (χ4n) is 4.66. The Bertz CT molecular complexity index is 1630. The second kappa shape index (κ2) is 13.9. The van der Waals surface area contributed by atoms with Crippen LogP contribution < -0.4 is 35.3 Å². The highest BCUT2D eigenvalue weighted by Gasteiger charge is 2.53. The van der Waals surface area contributed by atoms with Crippen molar-refractivity contribution >= 4 is 52.0 Å². The van der Waals surface area contributed by atoms with E-state index in [1.807, 2.05) is 54.6 Å². The molecule has 6 aromatic rings. The van der Waals surface area contributed by atoms with Crippen LogP contribution in [0.3, 0.4) is 0 Å². The lowest BCUT2D eigenvalue weighted by Crippen LogP contribution is -2.58. The summed E-state index contributed by atoms with van der Waals surface area (Å²) < 4.78 is 39.4. The maximum absolute atomic E-state index is 8.60. The third kappa shape index (κ3) is 7.54. The molecule has 0 bridgehead atoms. The lowest BCUT2D eigenvalue weighted by molar-refractivity contribution is -1.92. The maximum atomic E-state index is 8.60. The first-order chi connectivity index (χ1) is 20.7. The highest BCUT2D eigenvalue weighted by atomic mass is 35.7. The first kappa shape index (κ1) is 31.0. The molecule has 0 fully saturated rings. The molecule has 1 heterocycles. The van der Waals surface area contributed by atoms with Gasteiger partial charge in [-0.05, 0) is 84.6 Å². The minimum atomic E-state index is -4.69. The van der Waals surface area contributed by atoms with Crippen LogP contribution in [-0.2, 0) is 0 Å². The number of aromatic nitrogens is 1. The third-order valence-corrected chi connectivity index (χ3v) is 11.9. The molecule has 0 aliphatic heterocycles. The van der Waals surface area contributed by atoms with Crippen LogP contribution in [-0.4, -0.2) is 9.64 Å². The predicted octanol–water partition coefficient (Wildman–Crippen LogP) is 3.64. The van der Waals surface area contributed by atoms with E-state index in [-0.39, 0.29) is 0 Å². The van der Waals surface area contributed by atoms with Crippen LogP contribution in [0.5, 0.6) is 0 Å². The largest absolute Gasteiger partial charge is 0.425 e. The number of oxazole rings is 1. The number of benzene rings is 5. The zero-order valence-electron chi connectivity index (χ0n) is 22.5. The fourth-order valence-corrected chi connectivity index (χ4v) is 10.1. The summed E-state index contributed by atoms with van der Waals surface area (Å²) in [5.41, 5.74) is 1.91. The SMILES string of the molecule is Clc1ccc(Sc2oc(-c3ccccc3)nc2[P+](c2ccccc2)(c2ccccc2)c2ccccc2)cc1.[O-][Cl+3]([O-])([O-])O. The smallest absolute Gasteiger partial charge is 0.251 e. The van der Waals surface area contributed by atoms with Crippen LogP contribution in [0, 0.1) is 10.2 Å². The molecule has 0 spiro atoms. The molecule has 43 heavy (non-hydrogen) atoms. The second-order valence-electron chi connectivity index (χ2n) is 9.13. The van der Waals surface area contributed by atoms with E-state index >= 15 is 0 Å². The Morgan fingerprint density at radius 2 is 1.02 bits per heavy atom. The zero-order chi connectivity index (χ0) is 30.3. The quantitative estimate of drug-likeness (QED) is 0.263. The maximum Gasteiger partial charge on any atom is 0.251 e. The van der Waals surface area contributed by atoms with E-state index in [2.05, 4.69) is 91.0 Å². The molecule has 0 saturated heterocycles. The first-order valence-electron chi connectivity index (χ1n) is 12.9. The van der Waals surface area contributed by atoms with Crippen molar-refractivity contribution in [3.63, 3.8) is 0 Å². The molecule has 216 valence electrons. The van der Waals surface area contributed by atoms with Crippen LogP contribution in [0.1, 0.15) is 0 Å². The number of halogens is 2. The van der Waals surface area contributed by atoms with Crippen LogP contribution in [0.25, 0.3) is 11.5 Å². The van der Waals surface area contributed by atoms with Crippen molar-refractivity contribution in [2.24, 2.45) is 0 Å². The number of nitrogens with zero attached hydrogens (tertiary/aromatic N) is 1. The summed E-state index contributed by atoms with van der Waals surface area (Å²) in [7, 11) is -7.14. The lowest BCUT2D eigenvalue weighted by Gasteiger charge is -2.25. The molecule has 5 aromatic carbocycles. The van der Waals surface area contributed by atoms with Gasteiger partial charge < -0.3 is 4.42 Å². The van der Waals surface area contributed by atoms with Crippen molar-refractivity contribution in [1.29, 1.82) is 0 Å². The van der Waals surface area contributed by atoms with Crippen molar-refractivity contribution in [3.8, 4) is 11.5 Å². The molecule has 0 unspecified atom stereocenters. The average molecular weight is 650 g/mol. The molecular formula is C33H25Cl2NO5PS+.